The molecule has 1 amide bonds. The summed E-state index contributed by atoms with van der Waals surface area (Å²) >= 11 is 0. The Morgan fingerprint density at radius 1 is 1.28 bits per heavy atom. The quantitative estimate of drug-likeness (QED) is 0.822. The first-order valence-corrected chi connectivity index (χ1v) is 6.54. The van der Waals surface area contributed by atoms with E-state index >= 15 is 0 Å². The number of amides is 1. The first kappa shape index (κ1) is 11.7. The smallest absolute Gasteiger partial charge is 0.254 e. The Morgan fingerprint density at radius 2 is 2.11 bits per heavy atom. The summed E-state index contributed by atoms with van der Waals surface area (Å²) in [7, 11) is 0. The van der Waals surface area contributed by atoms with Crippen LogP contribution in [0.25, 0.3) is 0 Å². The van der Waals surface area contributed by atoms with Crippen molar-refractivity contribution >= 4 is 5.91 Å². The lowest BCUT2D eigenvalue weighted by Gasteiger charge is -2.28. The maximum Gasteiger partial charge on any atom is 0.254 e. The van der Waals surface area contributed by atoms with Crippen molar-refractivity contribution in [1.29, 1.82) is 0 Å². The third-order valence-corrected chi connectivity index (χ3v) is 3.96. The molecule has 1 N–H and O–H groups in total. The summed E-state index contributed by atoms with van der Waals surface area (Å²) in [4.78, 5) is 14.5. The molecule has 4 heteroatoms. The lowest BCUT2D eigenvalue weighted by molar-refractivity contribution is 0.0680. The number of fused-ring (bicyclic) bond motifs is 2. The highest BCUT2D eigenvalue weighted by molar-refractivity contribution is 5.94. The molecule has 2 atom stereocenters. The van der Waals surface area contributed by atoms with E-state index in [0.717, 1.165) is 32.4 Å². The fraction of sp³-hybridized carbons (Fsp3) is 0.500. The summed E-state index contributed by atoms with van der Waals surface area (Å²) in [6.45, 7) is 1.83. The maximum absolute atomic E-state index is 13.2. The summed E-state index contributed by atoms with van der Waals surface area (Å²) in [6, 6.07) is 6.59. The Morgan fingerprint density at radius 3 is 2.94 bits per heavy atom. The van der Waals surface area contributed by atoms with Crippen molar-refractivity contribution in [3.05, 3.63) is 35.6 Å². The first-order chi connectivity index (χ1) is 8.75. The number of nitrogens with zero attached hydrogens (tertiary/aromatic N) is 1. The molecule has 0 aromatic heterocycles. The highest BCUT2D eigenvalue weighted by atomic mass is 19.1. The molecule has 0 radical (unpaired) electrons. The van der Waals surface area contributed by atoms with Crippen LogP contribution in [0.15, 0.2) is 24.3 Å². The maximum atomic E-state index is 13.2. The van der Waals surface area contributed by atoms with Crippen LogP contribution in [0.5, 0.6) is 0 Å². The van der Waals surface area contributed by atoms with Crippen molar-refractivity contribution in [3.8, 4) is 0 Å². The van der Waals surface area contributed by atoms with Crippen LogP contribution in [0.3, 0.4) is 0 Å². The Bertz CT molecular complexity index is 449. The fourth-order valence-corrected chi connectivity index (χ4v) is 3.08. The molecular weight excluding hydrogens is 231 g/mol. The van der Waals surface area contributed by atoms with Crippen LogP contribution in [0, 0.1) is 5.82 Å². The van der Waals surface area contributed by atoms with E-state index in [1.165, 1.54) is 12.1 Å². The number of hydrogen-bond acceptors (Lipinski definition) is 2. The average Bonchev–Trinajstić information content (AvgIpc) is 2.62. The van der Waals surface area contributed by atoms with Crippen LogP contribution in [0.2, 0.25) is 0 Å². The minimum atomic E-state index is -0.346. The van der Waals surface area contributed by atoms with Crippen molar-refractivity contribution in [2.75, 3.05) is 13.1 Å². The van der Waals surface area contributed by atoms with E-state index in [4.69, 9.17) is 0 Å². The molecule has 96 valence electrons. The standard InChI is InChI=1S/C14H17FN2O/c15-11-3-1-2-10(8-11)14(18)17-12-4-5-13(17)9-16-7-6-12/h1-3,8,12-13,16H,4-7,9H2. The number of halogens is 1. The zero-order valence-corrected chi connectivity index (χ0v) is 10.2. The van der Waals surface area contributed by atoms with Crippen molar-refractivity contribution in [3.63, 3.8) is 0 Å². The van der Waals surface area contributed by atoms with Gasteiger partial charge >= 0.3 is 0 Å². The second-order valence-corrected chi connectivity index (χ2v) is 5.10. The summed E-state index contributed by atoms with van der Waals surface area (Å²) in [5, 5.41) is 3.36. The lowest BCUT2D eigenvalue weighted by Crippen LogP contribution is -2.42. The van der Waals surface area contributed by atoms with Gasteiger partial charge in [-0.2, -0.15) is 0 Å². The molecule has 3 nitrogen and oxygen atoms in total. The first-order valence-electron chi connectivity index (χ1n) is 6.54. The van der Waals surface area contributed by atoms with Crippen molar-refractivity contribution < 1.29 is 9.18 Å². The third kappa shape index (κ3) is 2.01. The number of rotatable bonds is 1. The minimum absolute atomic E-state index is 0.0225. The molecule has 0 saturated carbocycles. The molecule has 0 spiro atoms. The van der Waals surface area contributed by atoms with Gasteiger partial charge in [-0.25, -0.2) is 4.39 Å². The molecule has 2 bridgehead atoms. The van der Waals surface area contributed by atoms with E-state index in [1.54, 1.807) is 12.1 Å². The molecule has 2 fully saturated rings. The van der Waals surface area contributed by atoms with Crippen molar-refractivity contribution in [2.45, 2.75) is 31.3 Å². The van der Waals surface area contributed by atoms with Crippen LogP contribution in [0.4, 0.5) is 4.39 Å². The number of carbonyl (C=O) groups is 1. The summed E-state index contributed by atoms with van der Waals surface area (Å²) < 4.78 is 13.2. The van der Waals surface area contributed by atoms with Crippen LogP contribution in [-0.2, 0) is 0 Å². The van der Waals surface area contributed by atoms with E-state index < -0.39 is 0 Å². The molecule has 2 aliphatic heterocycles. The van der Waals surface area contributed by atoms with Gasteiger partial charge in [-0.1, -0.05) is 6.07 Å². The minimum Gasteiger partial charge on any atom is -0.331 e. The molecule has 18 heavy (non-hydrogen) atoms. The Hall–Kier alpha value is -1.42. The second kappa shape index (κ2) is 4.69. The van der Waals surface area contributed by atoms with Gasteiger partial charge in [0, 0.05) is 24.2 Å². The topological polar surface area (TPSA) is 32.3 Å². The average molecular weight is 248 g/mol. The van der Waals surface area contributed by atoms with E-state index in [1.807, 2.05) is 4.90 Å². The summed E-state index contributed by atoms with van der Waals surface area (Å²) in [6.07, 6.45) is 3.13. The van der Waals surface area contributed by atoms with Crippen molar-refractivity contribution in [1.82, 2.24) is 10.2 Å². The van der Waals surface area contributed by atoms with Gasteiger partial charge in [-0.15, -0.1) is 0 Å². The molecule has 2 saturated heterocycles. The Kier molecular flexibility index (Phi) is 3.04. The largest absolute Gasteiger partial charge is 0.331 e. The van der Waals surface area contributed by atoms with Crippen LogP contribution in [0.1, 0.15) is 29.6 Å². The normalized spacial score (nSPS) is 27.1. The van der Waals surface area contributed by atoms with E-state index in [-0.39, 0.29) is 17.8 Å². The van der Waals surface area contributed by atoms with Gasteiger partial charge in [0.25, 0.3) is 5.91 Å². The van der Waals surface area contributed by atoms with Crippen LogP contribution in [-0.4, -0.2) is 36.0 Å². The van der Waals surface area contributed by atoms with E-state index in [2.05, 4.69) is 5.32 Å². The molecule has 1 aromatic carbocycles. The molecule has 3 rings (SSSR count). The molecule has 2 aliphatic rings. The molecular formula is C14H17FN2O. The fourth-order valence-electron chi connectivity index (χ4n) is 3.08. The zero-order valence-electron chi connectivity index (χ0n) is 10.2. The Balaban J connectivity index is 1.87. The second-order valence-electron chi connectivity index (χ2n) is 5.10. The Labute approximate surface area is 106 Å². The molecule has 0 aliphatic carbocycles. The van der Waals surface area contributed by atoms with Gasteiger partial charge in [0.1, 0.15) is 5.82 Å². The SMILES string of the molecule is O=C(c1cccc(F)c1)N1C2CCNCC1CC2. The molecule has 2 heterocycles. The number of carbonyl (C=O) groups excluding carboxylic acids is 1. The van der Waals surface area contributed by atoms with Crippen LogP contribution >= 0.6 is 0 Å². The third-order valence-electron chi connectivity index (χ3n) is 3.96. The van der Waals surface area contributed by atoms with Crippen molar-refractivity contribution in [2.24, 2.45) is 0 Å². The number of benzene rings is 1. The summed E-state index contributed by atoms with van der Waals surface area (Å²) in [5.74, 6) is -0.369. The van der Waals surface area contributed by atoms with Gasteiger partial charge in [0.2, 0.25) is 0 Å². The predicted octanol–water partition coefficient (Wildman–Crippen LogP) is 1.79. The molecule has 2 unspecified atom stereocenters. The van der Waals surface area contributed by atoms with Crippen LogP contribution < -0.4 is 5.32 Å². The highest BCUT2D eigenvalue weighted by Gasteiger charge is 2.38. The lowest BCUT2D eigenvalue weighted by atomic mass is 10.1. The van der Waals surface area contributed by atoms with Gasteiger partial charge in [-0.3, -0.25) is 4.79 Å². The number of nitrogens with one attached hydrogen (secondary N) is 1. The van der Waals surface area contributed by atoms with Gasteiger partial charge in [0.05, 0.1) is 0 Å². The van der Waals surface area contributed by atoms with E-state index in [0.29, 0.717) is 11.6 Å². The summed E-state index contributed by atoms with van der Waals surface area (Å²) in [5.41, 5.74) is 0.466. The van der Waals surface area contributed by atoms with Gasteiger partial charge in [-0.05, 0) is 44.0 Å². The number of hydrogen-bond donors (Lipinski definition) is 1. The predicted molar refractivity (Wildman–Crippen MR) is 66.9 cm³/mol. The van der Waals surface area contributed by atoms with E-state index in [9.17, 15) is 9.18 Å². The monoisotopic (exact) mass is 248 g/mol. The zero-order chi connectivity index (χ0) is 12.5. The molecule has 1 aromatic rings. The van der Waals surface area contributed by atoms with Gasteiger partial charge < -0.3 is 10.2 Å². The van der Waals surface area contributed by atoms with Gasteiger partial charge in [0.15, 0.2) is 0 Å². The highest BCUT2D eigenvalue weighted by Crippen LogP contribution is 2.29.